The molecule has 146 valence electrons. The lowest BCUT2D eigenvalue weighted by atomic mass is 9.93. The highest BCUT2D eigenvalue weighted by Crippen LogP contribution is 2.31. The lowest BCUT2D eigenvalue weighted by Gasteiger charge is -2.22. The van der Waals surface area contributed by atoms with Crippen LogP contribution in [0.5, 0.6) is 0 Å². The Balaban J connectivity index is 1.25. The summed E-state index contributed by atoms with van der Waals surface area (Å²) >= 11 is 1.66. The van der Waals surface area contributed by atoms with Crippen molar-refractivity contribution in [2.45, 2.75) is 38.6 Å². The summed E-state index contributed by atoms with van der Waals surface area (Å²) in [4.78, 5) is 23.4. The predicted molar refractivity (Wildman–Crippen MR) is 112 cm³/mol. The summed E-state index contributed by atoms with van der Waals surface area (Å²) in [5.41, 5.74) is 4.85. The summed E-state index contributed by atoms with van der Waals surface area (Å²) in [6.07, 6.45) is 9.87. The van der Waals surface area contributed by atoms with Gasteiger partial charge in [-0.3, -0.25) is 9.69 Å². The highest BCUT2D eigenvalue weighted by atomic mass is 32.1. The van der Waals surface area contributed by atoms with Crippen molar-refractivity contribution in [2.75, 3.05) is 26.2 Å². The first-order valence-electron chi connectivity index (χ1n) is 10.3. The molecule has 0 unspecified atom stereocenters. The van der Waals surface area contributed by atoms with E-state index in [0.717, 1.165) is 68.2 Å². The molecule has 1 aliphatic carbocycles. The molecule has 0 aromatic carbocycles. The highest BCUT2D eigenvalue weighted by Gasteiger charge is 2.26. The van der Waals surface area contributed by atoms with Crippen molar-refractivity contribution in [3.8, 4) is 0 Å². The molecule has 0 saturated carbocycles. The van der Waals surface area contributed by atoms with Crippen LogP contribution in [0.3, 0.4) is 0 Å². The van der Waals surface area contributed by atoms with Gasteiger partial charge in [0.15, 0.2) is 0 Å². The molecule has 5 rings (SSSR count). The maximum atomic E-state index is 13.2. The second-order valence-corrected chi connectivity index (χ2v) is 8.78. The lowest BCUT2D eigenvalue weighted by molar-refractivity contribution is 0.0764. The third-order valence-corrected chi connectivity index (χ3v) is 7.03. The van der Waals surface area contributed by atoms with Crippen molar-refractivity contribution in [3.63, 3.8) is 0 Å². The molecule has 2 aliphatic rings. The summed E-state index contributed by atoms with van der Waals surface area (Å²) in [6, 6.07) is 6.08. The average Bonchev–Trinajstić information content (AvgIpc) is 3.25. The molecule has 0 atom stereocenters. The molecule has 0 N–H and O–H groups in total. The Morgan fingerprint density at radius 2 is 2.00 bits per heavy atom. The van der Waals surface area contributed by atoms with Gasteiger partial charge in [-0.15, -0.1) is 11.3 Å². The quantitative estimate of drug-likeness (QED) is 0.681. The van der Waals surface area contributed by atoms with Crippen LogP contribution in [-0.4, -0.2) is 51.3 Å². The Morgan fingerprint density at radius 3 is 2.93 bits per heavy atom. The van der Waals surface area contributed by atoms with E-state index in [-0.39, 0.29) is 5.91 Å². The average molecular weight is 395 g/mol. The molecular weight excluding hydrogens is 368 g/mol. The molecule has 0 spiro atoms. The number of fused-ring (bicyclic) bond motifs is 2. The Bertz CT molecular complexity index is 959. The number of aromatic nitrogens is 2. The van der Waals surface area contributed by atoms with Crippen LogP contribution in [0.2, 0.25) is 0 Å². The zero-order valence-electron chi connectivity index (χ0n) is 16.1. The van der Waals surface area contributed by atoms with Crippen molar-refractivity contribution < 1.29 is 4.79 Å². The van der Waals surface area contributed by atoms with Gasteiger partial charge in [0.1, 0.15) is 5.65 Å². The van der Waals surface area contributed by atoms with E-state index in [1.54, 1.807) is 11.3 Å². The van der Waals surface area contributed by atoms with Gasteiger partial charge >= 0.3 is 0 Å². The number of carbonyl (C=O) groups excluding carboxylic acids is 1. The van der Waals surface area contributed by atoms with Gasteiger partial charge in [-0.2, -0.15) is 0 Å². The summed E-state index contributed by atoms with van der Waals surface area (Å²) in [6.45, 7) is 4.43. The first kappa shape index (κ1) is 17.9. The molecule has 0 radical (unpaired) electrons. The molecule has 1 amide bonds. The maximum Gasteiger partial charge on any atom is 0.264 e. The minimum Gasteiger partial charge on any atom is -0.337 e. The van der Waals surface area contributed by atoms with Gasteiger partial charge in [-0.25, -0.2) is 4.98 Å². The van der Waals surface area contributed by atoms with E-state index in [4.69, 9.17) is 4.98 Å². The maximum absolute atomic E-state index is 13.2. The number of amides is 1. The van der Waals surface area contributed by atoms with Gasteiger partial charge in [0.05, 0.1) is 10.6 Å². The van der Waals surface area contributed by atoms with Crippen molar-refractivity contribution in [2.24, 2.45) is 0 Å². The summed E-state index contributed by atoms with van der Waals surface area (Å²) < 4.78 is 2.07. The molecular formula is C22H26N4OS. The van der Waals surface area contributed by atoms with Crippen molar-refractivity contribution in [1.82, 2.24) is 19.2 Å². The monoisotopic (exact) mass is 394 g/mol. The van der Waals surface area contributed by atoms with E-state index in [0.29, 0.717) is 0 Å². The normalized spacial score (nSPS) is 18.2. The van der Waals surface area contributed by atoms with E-state index in [2.05, 4.69) is 25.8 Å². The van der Waals surface area contributed by atoms with E-state index < -0.39 is 0 Å². The number of thiophene rings is 1. The van der Waals surface area contributed by atoms with Crippen molar-refractivity contribution in [1.29, 1.82) is 0 Å². The number of pyridine rings is 1. The molecule has 1 aliphatic heterocycles. The molecule has 0 bridgehead atoms. The second kappa shape index (κ2) is 7.68. The number of aryl methyl sites for hydroxylation is 1. The highest BCUT2D eigenvalue weighted by molar-refractivity contribution is 7.12. The second-order valence-electron chi connectivity index (χ2n) is 7.90. The van der Waals surface area contributed by atoms with Gasteiger partial charge in [0, 0.05) is 45.1 Å². The first-order valence-corrected chi connectivity index (χ1v) is 11.2. The zero-order chi connectivity index (χ0) is 18.9. The van der Waals surface area contributed by atoms with Crippen LogP contribution in [0.1, 0.15) is 45.8 Å². The van der Waals surface area contributed by atoms with E-state index >= 15 is 0 Å². The van der Waals surface area contributed by atoms with Gasteiger partial charge in [-0.1, -0.05) is 6.07 Å². The molecule has 5 nitrogen and oxygen atoms in total. The standard InChI is InChI=1S/C22H26N4OS/c27-22(21-19-7-2-1-6-17(19)16-28-21)25-11-5-9-24(12-13-25)14-18-15-26-10-4-3-8-20(26)23-18/h3-4,8,10,15-16H,1-2,5-7,9,11-14H2. The molecule has 1 saturated heterocycles. The van der Waals surface area contributed by atoms with Gasteiger partial charge in [-0.05, 0) is 60.7 Å². The molecule has 4 heterocycles. The van der Waals surface area contributed by atoms with Crippen LogP contribution in [0.15, 0.2) is 36.0 Å². The largest absolute Gasteiger partial charge is 0.337 e. The Hall–Kier alpha value is -2.18. The Kier molecular flexibility index (Phi) is 4.91. The molecule has 28 heavy (non-hydrogen) atoms. The third-order valence-electron chi connectivity index (χ3n) is 5.97. The van der Waals surface area contributed by atoms with Crippen molar-refractivity contribution >= 4 is 22.9 Å². The fourth-order valence-electron chi connectivity index (χ4n) is 4.47. The van der Waals surface area contributed by atoms with E-state index in [9.17, 15) is 4.79 Å². The number of hydrogen-bond acceptors (Lipinski definition) is 4. The van der Waals surface area contributed by atoms with Crippen molar-refractivity contribution in [3.05, 3.63) is 57.7 Å². The minimum absolute atomic E-state index is 0.253. The fourth-order valence-corrected chi connectivity index (χ4v) is 5.59. The smallest absolute Gasteiger partial charge is 0.264 e. The Labute approximate surface area is 169 Å². The molecule has 6 heteroatoms. The molecule has 1 fully saturated rings. The zero-order valence-corrected chi connectivity index (χ0v) is 17.0. The summed E-state index contributed by atoms with van der Waals surface area (Å²) in [5.74, 6) is 0.253. The van der Waals surface area contributed by atoms with Crippen LogP contribution >= 0.6 is 11.3 Å². The first-order chi connectivity index (χ1) is 13.8. The van der Waals surface area contributed by atoms with Gasteiger partial charge < -0.3 is 9.30 Å². The van der Waals surface area contributed by atoms with E-state index in [1.807, 2.05) is 24.4 Å². The van der Waals surface area contributed by atoms with Crippen LogP contribution in [0.25, 0.3) is 5.65 Å². The number of carbonyl (C=O) groups is 1. The summed E-state index contributed by atoms with van der Waals surface area (Å²) in [7, 11) is 0. The number of rotatable bonds is 3. The summed E-state index contributed by atoms with van der Waals surface area (Å²) in [5, 5.41) is 2.22. The topological polar surface area (TPSA) is 40.9 Å². The number of imidazole rings is 1. The van der Waals surface area contributed by atoms with Gasteiger partial charge in [0.2, 0.25) is 0 Å². The van der Waals surface area contributed by atoms with Gasteiger partial charge in [0.25, 0.3) is 5.91 Å². The van der Waals surface area contributed by atoms with Crippen LogP contribution < -0.4 is 0 Å². The third kappa shape index (κ3) is 3.47. The number of nitrogens with zero attached hydrogens (tertiary/aromatic N) is 4. The molecule has 3 aromatic heterocycles. The predicted octanol–water partition coefficient (Wildman–Crippen LogP) is 3.62. The van der Waals surface area contributed by atoms with Crippen LogP contribution in [0.4, 0.5) is 0 Å². The lowest BCUT2D eigenvalue weighted by Crippen LogP contribution is -2.35. The Morgan fingerprint density at radius 1 is 1.07 bits per heavy atom. The van der Waals surface area contributed by atoms with Crippen LogP contribution in [0, 0.1) is 0 Å². The molecule has 3 aromatic rings. The van der Waals surface area contributed by atoms with Crippen LogP contribution in [-0.2, 0) is 19.4 Å². The minimum atomic E-state index is 0.253. The SMILES string of the molecule is O=C(c1scc2c1CCCC2)N1CCCN(Cc2cn3ccccc3n2)CC1. The fraction of sp³-hybridized carbons (Fsp3) is 0.455. The number of hydrogen-bond donors (Lipinski definition) is 0. The van der Waals surface area contributed by atoms with E-state index in [1.165, 1.54) is 24.0 Å².